The maximum Gasteiger partial charge on any atom is 0.244 e. The van der Waals surface area contributed by atoms with Crippen LogP contribution in [0.3, 0.4) is 0 Å². The second-order valence-electron chi connectivity index (χ2n) is 6.96. The number of amides is 1. The van der Waals surface area contributed by atoms with Crippen molar-refractivity contribution in [2.24, 2.45) is 4.99 Å². The van der Waals surface area contributed by atoms with E-state index in [-0.39, 0.29) is 12.5 Å². The molecule has 1 saturated heterocycles. The minimum Gasteiger partial charge on any atom is -0.357 e. The number of piperidine rings is 1. The van der Waals surface area contributed by atoms with Crippen molar-refractivity contribution in [2.45, 2.75) is 39.2 Å². The summed E-state index contributed by atoms with van der Waals surface area (Å²) in [6.07, 6.45) is 4.95. The lowest BCUT2D eigenvalue weighted by Gasteiger charge is -2.27. The van der Waals surface area contributed by atoms with Crippen molar-refractivity contribution < 1.29 is 4.79 Å². The molecule has 3 rings (SSSR count). The number of guanidine groups is 1. The number of thiophene rings is 1. The van der Waals surface area contributed by atoms with Crippen LogP contribution >= 0.6 is 11.3 Å². The van der Waals surface area contributed by atoms with Gasteiger partial charge in [-0.1, -0.05) is 6.42 Å². The molecule has 2 N–H and O–H groups in total. The van der Waals surface area contributed by atoms with E-state index in [9.17, 15) is 4.79 Å². The fourth-order valence-corrected chi connectivity index (χ4v) is 4.45. The molecule has 1 aromatic rings. The van der Waals surface area contributed by atoms with Crippen LogP contribution in [0.25, 0.3) is 0 Å². The summed E-state index contributed by atoms with van der Waals surface area (Å²) in [5.74, 6) is 0.848. The highest BCUT2D eigenvalue weighted by Crippen LogP contribution is 2.23. The molecule has 0 bridgehead atoms. The zero-order chi connectivity index (χ0) is 18.2. The normalized spacial score (nSPS) is 18.5. The molecule has 1 fully saturated rings. The quantitative estimate of drug-likeness (QED) is 0.585. The molecule has 2 aliphatic heterocycles. The standard InChI is InChI=1S/C19H31N5OS/c1-2-20-19(21-8-12-23-9-4-3-5-10-23)22-14-18(25)24-11-6-17-16(15-24)7-13-26-17/h7,13H,2-6,8-12,14-15H2,1H3,(H2,20,21,22). The van der Waals surface area contributed by atoms with E-state index in [1.54, 1.807) is 11.3 Å². The van der Waals surface area contributed by atoms with Gasteiger partial charge in [0, 0.05) is 37.6 Å². The van der Waals surface area contributed by atoms with Gasteiger partial charge < -0.3 is 20.4 Å². The molecule has 3 heterocycles. The van der Waals surface area contributed by atoms with Gasteiger partial charge >= 0.3 is 0 Å². The van der Waals surface area contributed by atoms with Crippen LogP contribution in [0.5, 0.6) is 0 Å². The number of likely N-dealkylation sites (tertiary alicyclic amines) is 1. The molecule has 0 unspecified atom stereocenters. The minimum atomic E-state index is 0.107. The number of hydrogen-bond donors (Lipinski definition) is 2. The van der Waals surface area contributed by atoms with Gasteiger partial charge in [0.25, 0.3) is 0 Å². The lowest BCUT2D eigenvalue weighted by atomic mass is 10.1. The van der Waals surface area contributed by atoms with Crippen molar-refractivity contribution in [1.29, 1.82) is 0 Å². The molecular formula is C19H31N5OS. The van der Waals surface area contributed by atoms with E-state index in [1.165, 1.54) is 42.8 Å². The highest BCUT2D eigenvalue weighted by Gasteiger charge is 2.21. The Balaban J connectivity index is 1.44. The SMILES string of the molecule is CCNC(=NCC(=O)N1CCc2sccc2C1)NCCN1CCCCC1. The van der Waals surface area contributed by atoms with Crippen LogP contribution in [-0.2, 0) is 17.8 Å². The van der Waals surface area contributed by atoms with Crippen LogP contribution in [0.1, 0.15) is 36.6 Å². The summed E-state index contributed by atoms with van der Waals surface area (Å²) in [5, 5.41) is 8.72. The molecule has 0 atom stereocenters. The average Bonchev–Trinajstić information content (AvgIpc) is 3.14. The van der Waals surface area contributed by atoms with E-state index in [0.29, 0.717) is 0 Å². The van der Waals surface area contributed by atoms with Gasteiger partial charge in [0.05, 0.1) is 0 Å². The van der Waals surface area contributed by atoms with Crippen LogP contribution in [0.15, 0.2) is 16.4 Å². The largest absolute Gasteiger partial charge is 0.357 e. The Labute approximate surface area is 160 Å². The summed E-state index contributed by atoms with van der Waals surface area (Å²) < 4.78 is 0. The first-order chi connectivity index (χ1) is 12.8. The maximum atomic E-state index is 12.5. The van der Waals surface area contributed by atoms with Gasteiger partial charge in [0.2, 0.25) is 5.91 Å². The summed E-state index contributed by atoms with van der Waals surface area (Å²) in [6.45, 7) is 8.89. The van der Waals surface area contributed by atoms with Gasteiger partial charge in [-0.15, -0.1) is 11.3 Å². The lowest BCUT2D eigenvalue weighted by Crippen LogP contribution is -2.43. The smallest absolute Gasteiger partial charge is 0.244 e. The van der Waals surface area contributed by atoms with Crippen molar-refractivity contribution in [2.75, 3.05) is 45.8 Å². The first-order valence-electron chi connectivity index (χ1n) is 9.84. The fourth-order valence-electron chi connectivity index (χ4n) is 3.57. The van der Waals surface area contributed by atoms with Crippen LogP contribution in [0.2, 0.25) is 0 Å². The number of hydrogen-bond acceptors (Lipinski definition) is 4. The molecule has 0 radical (unpaired) electrons. The van der Waals surface area contributed by atoms with Gasteiger partial charge in [-0.3, -0.25) is 4.79 Å². The number of aliphatic imine (C=N–C) groups is 1. The van der Waals surface area contributed by atoms with Crippen LogP contribution < -0.4 is 10.6 Å². The molecule has 144 valence electrons. The molecule has 0 aliphatic carbocycles. The molecule has 1 amide bonds. The second-order valence-corrected chi connectivity index (χ2v) is 7.96. The van der Waals surface area contributed by atoms with E-state index >= 15 is 0 Å². The Morgan fingerprint density at radius 2 is 2.08 bits per heavy atom. The van der Waals surface area contributed by atoms with Gasteiger partial charge in [-0.2, -0.15) is 0 Å². The predicted molar refractivity (Wildman–Crippen MR) is 108 cm³/mol. The van der Waals surface area contributed by atoms with Gasteiger partial charge in [-0.05, 0) is 56.3 Å². The highest BCUT2D eigenvalue weighted by atomic mass is 32.1. The summed E-state index contributed by atoms with van der Waals surface area (Å²) >= 11 is 1.80. The third-order valence-corrected chi connectivity index (χ3v) is 6.07. The first kappa shape index (κ1) is 19.2. The fraction of sp³-hybridized carbons (Fsp3) is 0.684. The van der Waals surface area contributed by atoms with E-state index in [4.69, 9.17) is 0 Å². The third-order valence-electron chi connectivity index (χ3n) is 5.05. The van der Waals surface area contributed by atoms with Crippen LogP contribution in [0.4, 0.5) is 0 Å². The van der Waals surface area contributed by atoms with Gasteiger partial charge in [0.15, 0.2) is 5.96 Å². The van der Waals surface area contributed by atoms with E-state index in [0.717, 1.165) is 45.1 Å². The molecule has 1 aromatic heterocycles. The first-order valence-corrected chi connectivity index (χ1v) is 10.7. The Morgan fingerprint density at radius 1 is 1.23 bits per heavy atom. The number of nitrogens with zero attached hydrogens (tertiary/aromatic N) is 3. The van der Waals surface area contributed by atoms with E-state index in [2.05, 4.69) is 32.0 Å². The Bertz CT molecular complexity index is 609. The van der Waals surface area contributed by atoms with Crippen molar-refractivity contribution in [3.05, 3.63) is 21.9 Å². The highest BCUT2D eigenvalue weighted by molar-refractivity contribution is 7.10. The maximum absolute atomic E-state index is 12.5. The number of rotatable bonds is 6. The monoisotopic (exact) mass is 377 g/mol. The zero-order valence-corrected chi connectivity index (χ0v) is 16.6. The Morgan fingerprint density at radius 3 is 2.88 bits per heavy atom. The molecule has 26 heavy (non-hydrogen) atoms. The summed E-state index contributed by atoms with van der Waals surface area (Å²) in [4.78, 5) is 22.9. The number of carbonyl (C=O) groups is 1. The van der Waals surface area contributed by atoms with E-state index in [1.807, 2.05) is 11.8 Å². The van der Waals surface area contributed by atoms with Crippen LogP contribution in [0, 0.1) is 0 Å². The predicted octanol–water partition coefficient (Wildman–Crippen LogP) is 1.67. The molecule has 7 heteroatoms. The van der Waals surface area contributed by atoms with Gasteiger partial charge in [-0.25, -0.2) is 4.99 Å². The number of nitrogens with one attached hydrogen (secondary N) is 2. The molecule has 0 saturated carbocycles. The lowest BCUT2D eigenvalue weighted by molar-refractivity contribution is -0.130. The summed E-state index contributed by atoms with van der Waals surface area (Å²) in [7, 11) is 0. The molecule has 2 aliphatic rings. The zero-order valence-electron chi connectivity index (χ0n) is 15.8. The minimum absolute atomic E-state index is 0.107. The van der Waals surface area contributed by atoms with E-state index < -0.39 is 0 Å². The van der Waals surface area contributed by atoms with Crippen molar-refractivity contribution in [3.63, 3.8) is 0 Å². The molecule has 0 spiro atoms. The third kappa shape index (κ3) is 5.45. The summed E-state index contributed by atoms with van der Waals surface area (Å²) in [6, 6.07) is 2.13. The molecular weight excluding hydrogens is 346 g/mol. The second kappa shape index (κ2) is 9.92. The Kier molecular flexibility index (Phi) is 7.32. The molecule has 6 nitrogen and oxygen atoms in total. The Hall–Kier alpha value is -1.60. The number of carbonyl (C=O) groups excluding carboxylic acids is 1. The van der Waals surface area contributed by atoms with Crippen molar-refractivity contribution >= 4 is 23.2 Å². The average molecular weight is 378 g/mol. The molecule has 0 aromatic carbocycles. The van der Waals surface area contributed by atoms with Crippen molar-refractivity contribution in [3.8, 4) is 0 Å². The number of fused-ring (bicyclic) bond motifs is 1. The van der Waals surface area contributed by atoms with Gasteiger partial charge in [0.1, 0.15) is 6.54 Å². The topological polar surface area (TPSA) is 60.0 Å². The van der Waals surface area contributed by atoms with Crippen molar-refractivity contribution in [1.82, 2.24) is 20.4 Å². The van der Waals surface area contributed by atoms with Crippen LogP contribution in [-0.4, -0.2) is 67.5 Å². The summed E-state index contributed by atoms with van der Waals surface area (Å²) in [5.41, 5.74) is 1.30.